The Morgan fingerprint density at radius 1 is 1.06 bits per heavy atom. The summed E-state index contributed by atoms with van der Waals surface area (Å²) in [6.45, 7) is 1.78. The fourth-order valence-corrected chi connectivity index (χ4v) is 3.55. The number of imidazole rings is 1. The van der Waals surface area contributed by atoms with Gasteiger partial charge >= 0.3 is 0 Å². The number of benzene rings is 2. The van der Waals surface area contributed by atoms with Gasteiger partial charge in [0, 0.05) is 19.5 Å². The average molecular weight is 424 g/mol. The van der Waals surface area contributed by atoms with Crippen molar-refractivity contribution in [1.82, 2.24) is 19.5 Å². The second-order valence-electron chi connectivity index (χ2n) is 7.31. The molecule has 7 nitrogen and oxygen atoms in total. The molecule has 0 aliphatic heterocycles. The third-order valence-corrected chi connectivity index (χ3v) is 5.13. The standard InChI is InChI=1S/C24H17FN6O/c1-14-27-13-22(32-14)19-8-7-18(12-28-19)29-20-9-15(11-26)10-21-23(20)30-24(31(21)2)16-3-5-17(25)6-4-16/h3-10,12-13,29H,1-2H3. The first kappa shape index (κ1) is 19.5. The van der Waals surface area contributed by atoms with Crippen LogP contribution in [0.2, 0.25) is 0 Å². The second-order valence-corrected chi connectivity index (χ2v) is 7.31. The van der Waals surface area contributed by atoms with E-state index in [4.69, 9.17) is 9.40 Å². The van der Waals surface area contributed by atoms with Gasteiger partial charge in [-0.1, -0.05) is 0 Å². The third-order valence-electron chi connectivity index (χ3n) is 5.13. The summed E-state index contributed by atoms with van der Waals surface area (Å²) in [6, 6.07) is 15.6. The smallest absolute Gasteiger partial charge is 0.191 e. The first-order valence-corrected chi connectivity index (χ1v) is 9.84. The van der Waals surface area contributed by atoms with Gasteiger partial charge in [0.1, 0.15) is 22.9 Å². The molecule has 5 rings (SSSR count). The van der Waals surface area contributed by atoms with Crippen molar-refractivity contribution in [3.8, 4) is 28.9 Å². The highest BCUT2D eigenvalue weighted by Gasteiger charge is 2.15. The van der Waals surface area contributed by atoms with Crippen LogP contribution < -0.4 is 5.32 Å². The molecule has 156 valence electrons. The fraction of sp³-hybridized carbons (Fsp3) is 0.0833. The van der Waals surface area contributed by atoms with Gasteiger partial charge in [-0.05, 0) is 48.5 Å². The molecule has 8 heteroatoms. The van der Waals surface area contributed by atoms with E-state index in [2.05, 4.69) is 21.4 Å². The molecule has 0 aliphatic rings. The largest absolute Gasteiger partial charge is 0.439 e. The van der Waals surface area contributed by atoms with Crippen LogP contribution in [-0.4, -0.2) is 19.5 Å². The van der Waals surface area contributed by atoms with Crippen LogP contribution in [0.4, 0.5) is 15.8 Å². The highest BCUT2D eigenvalue weighted by molar-refractivity contribution is 5.94. The van der Waals surface area contributed by atoms with Gasteiger partial charge < -0.3 is 14.3 Å². The second kappa shape index (κ2) is 7.63. The van der Waals surface area contributed by atoms with Crippen LogP contribution in [0.15, 0.2) is 65.3 Å². The molecular weight excluding hydrogens is 407 g/mol. The lowest BCUT2D eigenvalue weighted by molar-refractivity contribution is 0.532. The minimum atomic E-state index is -0.307. The molecule has 3 aromatic heterocycles. The normalized spacial score (nSPS) is 10.9. The van der Waals surface area contributed by atoms with E-state index in [1.54, 1.807) is 43.6 Å². The lowest BCUT2D eigenvalue weighted by Gasteiger charge is -2.08. The van der Waals surface area contributed by atoms with Gasteiger partial charge in [-0.3, -0.25) is 4.98 Å². The molecule has 0 fully saturated rings. The van der Waals surface area contributed by atoms with Gasteiger partial charge in [0.2, 0.25) is 0 Å². The monoisotopic (exact) mass is 424 g/mol. The number of nitrogens with one attached hydrogen (secondary N) is 1. The lowest BCUT2D eigenvalue weighted by Crippen LogP contribution is -1.95. The Kier molecular flexibility index (Phi) is 4.64. The Morgan fingerprint density at radius 2 is 1.88 bits per heavy atom. The molecule has 0 aliphatic carbocycles. The van der Waals surface area contributed by atoms with Crippen molar-refractivity contribution in [3.63, 3.8) is 0 Å². The van der Waals surface area contributed by atoms with E-state index >= 15 is 0 Å². The number of hydrogen-bond acceptors (Lipinski definition) is 6. The summed E-state index contributed by atoms with van der Waals surface area (Å²) in [6.07, 6.45) is 3.32. The molecule has 0 radical (unpaired) electrons. The van der Waals surface area contributed by atoms with E-state index < -0.39 is 0 Å². The Morgan fingerprint density at radius 3 is 2.53 bits per heavy atom. The van der Waals surface area contributed by atoms with Crippen LogP contribution in [0.5, 0.6) is 0 Å². The van der Waals surface area contributed by atoms with E-state index in [1.807, 2.05) is 23.7 Å². The first-order chi connectivity index (χ1) is 15.5. The molecule has 0 saturated carbocycles. The highest BCUT2D eigenvalue weighted by atomic mass is 19.1. The average Bonchev–Trinajstić information content (AvgIpc) is 3.38. The van der Waals surface area contributed by atoms with Crippen molar-refractivity contribution in [2.45, 2.75) is 6.92 Å². The summed E-state index contributed by atoms with van der Waals surface area (Å²) in [5, 5.41) is 12.8. The number of aromatic nitrogens is 4. The Hall–Kier alpha value is -4.51. The third kappa shape index (κ3) is 3.46. The molecule has 0 unspecified atom stereocenters. The summed E-state index contributed by atoms with van der Waals surface area (Å²) in [5.74, 6) is 1.54. The van der Waals surface area contributed by atoms with Crippen molar-refractivity contribution in [2.75, 3.05) is 5.32 Å². The number of aryl methyl sites for hydroxylation is 2. The summed E-state index contributed by atoms with van der Waals surface area (Å²) < 4.78 is 20.8. The number of hydrogen-bond donors (Lipinski definition) is 1. The number of nitriles is 1. The van der Waals surface area contributed by atoms with E-state index in [9.17, 15) is 9.65 Å². The maximum Gasteiger partial charge on any atom is 0.191 e. The van der Waals surface area contributed by atoms with Gasteiger partial charge in [-0.25, -0.2) is 14.4 Å². The van der Waals surface area contributed by atoms with Crippen LogP contribution in [0.25, 0.3) is 33.9 Å². The molecule has 0 atom stereocenters. The Labute approximate surface area is 182 Å². The SMILES string of the molecule is Cc1ncc(-c2ccc(Nc3cc(C#N)cc4c3nc(-c3ccc(F)cc3)n4C)cn2)o1. The quantitative estimate of drug-likeness (QED) is 0.418. The van der Waals surface area contributed by atoms with Gasteiger partial charge in [-0.2, -0.15) is 5.26 Å². The molecular formula is C24H17FN6O. The van der Waals surface area contributed by atoms with E-state index in [1.165, 1.54) is 12.1 Å². The number of nitrogens with zero attached hydrogens (tertiary/aromatic N) is 5. The number of fused-ring (bicyclic) bond motifs is 1. The van der Waals surface area contributed by atoms with Crippen LogP contribution >= 0.6 is 0 Å². The molecule has 32 heavy (non-hydrogen) atoms. The maximum absolute atomic E-state index is 13.4. The molecule has 0 amide bonds. The maximum atomic E-state index is 13.4. The van der Waals surface area contributed by atoms with E-state index in [-0.39, 0.29) is 5.82 Å². The minimum Gasteiger partial charge on any atom is -0.439 e. The topological polar surface area (TPSA) is 92.6 Å². The summed E-state index contributed by atoms with van der Waals surface area (Å²) >= 11 is 0. The zero-order valence-corrected chi connectivity index (χ0v) is 17.3. The van der Waals surface area contributed by atoms with Gasteiger partial charge in [0.25, 0.3) is 0 Å². The van der Waals surface area contributed by atoms with Crippen LogP contribution in [-0.2, 0) is 7.05 Å². The van der Waals surface area contributed by atoms with E-state index in [0.717, 1.165) is 16.8 Å². The Bertz CT molecular complexity index is 1480. The van der Waals surface area contributed by atoms with Crippen LogP contribution in [0.3, 0.4) is 0 Å². The number of pyridine rings is 1. The van der Waals surface area contributed by atoms with Crippen molar-refractivity contribution >= 4 is 22.4 Å². The fourth-order valence-electron chi connectivity index (χ4n) is 3.55. The number of oxazole rings is 1. The predicted molar refractivity (Wildman–Crippen MR) is 119 cm³/mol. The van der Waals surface area contributed by atoms with Crippen molar-refractivity contribution < 1.29 is 8.81 Å². The molecule has 0 spiro atoms. The summed E-state index contributed by atoms with van der Waals surface area (Å²) in [4.78, 5) is 13.3. The van der Waals surface area contributed by atoms with Crippen molar-refractivity contribution in [2.24, 2.45) is 7.05 Å². The predicted octanol–water partition coefficient (Wildman–Crippen LogP) is 5.35. The summed E-state index contributed by atoms with van der Waals surface area (Å²) in [7, 11) is 1.87. The zero-order valence-electron chi connectivity index (χ0n) is 17.3. The highest BCUT2D eigenvalue weighted by Crippen LogP contribution is 2.32. The van der Waals surface area contributed by atoms with Gasteiger partial charge in [0.05, 0.1) is 40.9 Å². The van der Waals surface area contributed by atoms with Crippen LogP contribution in [0.1, 0.15) is 11.5 Å². The number of anilines is 2. The van der Waals surface area contributed by atoms with Crippen molar-refractivity contribution in [1.29, 1.82) is 5.26 Å². The number of halogens is 1. The zero-order chi connectivity index (χ0) is 22.2. The molecule has 5 aromatic rings. The molecule has 1 N–H and O–H groups in total. The molecule has 0 saturated heterocycles. The molecule has 3 heterocycles. The summed E-state index contributed by atoms with van der Waals surface area (Å²) in [5.41, 5.74) is 4.83. The first-order valence-electron chi connectivity index (χ1n) is 9.84. The minimum absolute atomic E-state index is 0.307. The van der Waals surface area contributed by atoms with Gasteiger partial charge in [-0.15, -0.1) is 0 Å². The number of rotatable bonds is 4. The van der Waals surface area contributed by atoms with E-state index in [0.29, 0.717) is 39.9 Å². The van der Waals surface area contributed by atoms with Crippen molar-refractivity contribution in [3.05, 3.63) is 78.2 Å². The lowest BCUT2D eigenvalue weighted by atomic mass is 10.1. The van der Waals surface area contributed by atoms with Crippen LogP contribution in [0, 0.1) is 24.1 Å². The Balaban J connectivity index is 1.55. The molecule has 0 bridgehead atoms. The molecule has 2 aromatic carbocycles. The van der Waals surface area contributed by atoms with Gasteiger partial charge in [0.15, 0.2) is 11.7 Å².